The summed E-state index contributed by atoms with van der Waals surface area (Å²) >= 11 is 0. The Balaban J connectivity index is 3.68. The van der Waals surface area contributed by atoms with Crippen LogP contribution in [-0.2, 0) is 0 Å². The van der Waals surface area contributed by atoms with Gasteiger partial charge in [-0.25, -0.2) is 0 Å². The molecule has 0 fully saturated rings. The molecule has 0 aromatic heterocycles. The van der Waals surface area contributed by atoms with Crippen LogP contribution in [0.3, 0.4) is 0 Å². The van der Waals surface area contributed by atoms with Crippen LogP contribution >= 0.6 is 0 Å². The van der Waals surface area contributed by atoms with Crippen molar-refractivity contribution >= 4 is 0 Å². The second-order valence-corrected chi connectivity index (χ2v) is 3.07. The first kappa shape index (κ1) is 10.9. The summed E-state index contributed by atoms with van der Waals surface area (Å²) in [6.45, 7) is 2.93. The fraction of sp³-hybridized carbons (Fsp3) is 1.00. The molecule has 0 saturated heterocycles. The molecule has 3 nitrogen and oxygen atoms in total. The Bertz CT molecular complexity index is 98.1. The van der Waals surface area contributed by atoms with Crippen molar-refractivity contribution in [3.05, 3.63) is 0 Å². The lowest BCUT2D eigenvalue weighted by Gasteiger charge is -2.25. The minimum absolute atomic E-state index is 0.324. The molecule has 0 aromatic rings. The number of unbranched alkanes of at least 4 members (excludes halogenated alkanes) is 1. The van der Waals surface area contributed by atoms with Gasteiger partial charge in [-0.05, 0) is 19.4 Å². The third-order valence-corrected chi connectivity index (χ3v) is 1.99. The van der Waals surface area contributed by atoms with Gasteiger partial charge in [-0.15, -0.1) is 0 Å². The summed E-state index contributed by atoms with van der Waals surface area (Å²) in [7, 11) is 0. The van der Waals surface area contributed by atoms with Crippen LogP contribution in [0.2, 0.25) is 0 Å². The van der Waals surface area contributed by atoms with E-state index in [9.17, 15) is 5.11 Å². The van der Waals surface area contributed by atoms with Crippen LogP contribution in [0.5, 0.6) is 0 Å². The third kappa shape index (κ3) is 4.35. The summed E-state index contributed by atoms with van der Waals surface area (Å²) in [5.41, 5.74) is 10.1. The molecule has 0 aromatic carbocycles. The number of aliphatic hydroxyl groups is 1. The van der Waals surface area contributed by atoms with Gasteiger partial charge in [-0.2, -0.15) is 0 Å². The van der Waals surface area contributed by atoms with Gasteiger partial charge in [-0.1, -0.05) is 19.8 Å². The maximum atomic E-state index is 9.75. The molecular weight excluding hydrogens is 140 g/mol. The number of rotatable bonds is 6. The standard InChI is InChI=1S/C8H20N2O/c1-2-3-4-8(11,7-10)5-6-9/h11H,2-7,9-10H2,1H3. The summed E-state index contributed by atoms with van der Waals surface area (Å²) in [5.74, 6) is 0. The van der Waals surface area contributed by atoms with E-state index in [-0.39, 0.29) is 0 Å². The van der Waals surface area contributed by atoms with Gasteiger partial charge in [0.15, 0.2) is 0 Å². The van der Waals surface area contributed by atoms with Crippen molar-refractivity contribution in [2.45, 2.75) is 38.2 Å². The van der Waals surface area contributed by atoms with Crippen LogP contribution in [0.1, 0.15) is 32.6 Å². The molecule has 1 atom stereocenters. The lowest BCUT2D eigenvalue weighted by atomic mass is 9.93. The zero-order chi connectivity index (χ0) is 8.74. The van der Waals surface area contributed by atoms with E-state index in [4.69, 9.17) is 11.5 Å². The molecule has 0 spiro atoms. The topological polar surface area (TPSA) is 72.3 Å². The van der Waals surface area contributed by atoms with Gasteiger partial charge in [0, 0.05) is 6.54 Å². The molecular formula is C8H20N2O. The number of hydrogen-bond donors (Lipinski definition) is 3. The van der Waals surface area contributed by atoms with E-state index in [0.717, 1.165) is 19.3 Å². The predicted molar refractivity (Wildman–Crippen MR) is 47.2 cm³/mol. The number of hydrogen-bond acceptors (Lipinski definition) is 3. The van der Waals surface area contributed by atoms with Gasteiger partial charge >= 0.3 is 0 Å². The van der Waals surface area contributed by atoms with Crippen molar-refractivity contribution in [1.82, 2.24) is 0 Å². The first-order chi connectivity index (χ1) is 5.18. The Morgan fingerprint density at radius 1 is 1.27 bits per heavy atom. The van der Waals surface area contributed by atoms with E-state index >= 15 is 0 Å². The van der Waals surface area contributed by atoms with E-state index in [2.05, 4.69) is 6.92 Å². The third-order valence-electron chi connectivity index (χ3n) is 1.99. The van der Waals surface area contributed by atoms with E-state index < -0.39 is 5.60 Å². The van der Waals surface area contributed by atoms with E-state index in [0.29, 0.717) is 19.5 Å². The molecule has 0 amide bonds. The minimum Gasteiger partial charge on any atom is -0.389 e. The van der Waals surface area contributed by atoms with Crippen molar-refractivity contribution < 1.29 is 5.11 Å². The largest absolute Gasteiger partial charge is 0.389 e. The van der Waals surface area contributed by atoms with Crippen molar-refractivity contribution in [3.63, 3.8) is 0 Å². The molecule has 0 aliphatic heterocycles. The highest BCUT2D eigenvalue weighted by Gasteiger charge is 2.22. The van der Waals surface area contributed by atoms with Crippen molar-refractivity contribution in [3.8, 4) is 0 Å². The van der Waals surface area contributed by atoms with Gasteiger partial charge in [0.05, 0.1) is 5.60 Å². The monoisotopic (exact) mass is 160 g/mol. The Labute approximate surface area is 68.8 Å². The van der Waals surface area contributed by atoms with Crippen LogP contribution in [0, 0.1) is 0 Å². The average molecular weight is 160 g/mol. The summed E-state index contributed by atoms with van der Waals surface area (Å²) < 4.78 is 0. The van der Waals surface area contributed by atoms with Gasteiger partial charge in [0.1, 0.15) is 0 Å². The second-order valence-electron chi connectivity index (χ2n) is 3.07. The van der Waals surface area contributed by atoms with Gasteiger partial charge < -0.3 is 16.6 Å². The maximum absolute atomic E-state index is 9.75. The van der Waals surface area contributed by atoms with Gasteiger partial charge in [-0.3, -0.25) is 0 Å². The highest BCUT2D eigenvalue weighted by molar-refractivity contribution is 4.79. The summed E-state index contributed by atoms with van der Waals surface area (Å²) in [6.07, 6.45) is 3.50. The van der Waals surface area contributed by atoms with Crippen LogP contribution in [0.25, 0.3) is 0 Å². The second kappa shape index (κ2) is 5.52. The summed E-state index contributed by atoms with van der Waals surface area (Å²) in [6, 6.07) is 0. The summed E-state index contributed by atoms with van der Waals surface area (Å²) in [4.78, 5) is 0. The fourth-order valence-electron chi connectivity index (χ4n) is 1.10. The van der Waals surface area contributed by atoms with Gasteiger partial charge in [0.25, 0.3) is 0 Å². The summed E-state index contributed by atoms with van der Waals surface area (Å²) in [5, 5.41) is 9.75. The Kier molecular flexibility index (Phi) is 5.46. The van der Waals surface area contributed by atoms with Crippen LogP contribution in [-0.4, -0.2) is 23.8 Å². The minimum atomic E-state index is -0.704. The average Bonchev–Trinajstić information content (AvgIpc) is 2.02. The Hall–Kier alpha value is -0.120. The van der Waals surface area contributed by atoms with E-state index in [1.54, 1.807) is 0 Å². The van der Waals surface area contributed by atoms with Crippen LogP contribution in [0.15, 0.2) is 0 Å². The van der Waals surface area contributed by atoms with E-state index in [1.807, 2.05) is 0 Å². The van der Waals surface area contributed by atoms with Crippen molar-refractivity contribution in [2.24, 2.45) is 11.5 Å². The SMILES string of the molecule is CCCCC(O)(CN)CCN. The predicted octanol–water partition coefficient (Wildman–Crippen LogP) is 0.215. The molecule has 11 heavy (non-hydrogen) atoms. The molecule has 3 heteroatoms. The number of nitrogens with two attached hydrogens (primary N) is 2. The molecule has 0 radical (unpaired) electrons. The Morgan fingerprint density at radius 3 is 2.27 bits per heavy atom. The molecule has 0 heterocycles. The molecule has 0 bridgehead atoms. The molecule has 0 rings (SSSR count). The zero-order valence-electron chi connectivity index (χ0n) is 7.34. The highest BCUT2D eigenvalue weighted by atomic mass is 16.3. The molecule has 5 N–H and O–H groups in total. The van der Waals surface area contributed by atoms with Crippen LogP contribution in [0.4, 0.5) is 0 Å². The zero-order valence-corrected chi connectivity index (χ0v) is 7.34. The Morgan fingerprint density at radius 2 is 1.91 bits per heavy atom. The quantitative estimate of drug-likeness (QED) is 0.520. The maximum Gasteiger partial charge on any atom is 0.0781 e. The molecule has 0 aliphatic rings. The lowest BCUT2D eigenvalue weighted by molar-refractivity contribution is 0.0319. The molecule has 0 saturated carbocycles. The first-order valence-electron chi connectivity index (χ1n) is 4.31. The first-order valence-corrected chi connectivity index (χ1v) is 4.31. The molecule has 0 aliphatic carbocycles. The van der Waals surface area contributed by atoms with Crippen LogP contribution < -0.4 is 11.5 Å². The fourth-order valence-corrected chi connectivity index (χ4v) is 1.10. The van der Waals surface area contributed by atoms with Crippen molar-refractivity contribution in [1.29, 1.82) is 0 Å². The van der Waals surface area contributed by atoms with Crippen molar-refractivity contribution in [2.75, 3.05) is 13.1 Å². The normalized spacial score (nSPS) is 16.4. The molecule has 1 unspecified atom stereocenters. The molecule has 68 valence electrons. The highest BCUT2D eigenvalue weighted by Crippen LogP contribution is 2.15. The lowest BCUT2D eigenvalue weighted by Crippen LogP contribution is -2.39. The van der Waals surface area contributed by atoms with Gasteiger partial charge in [0.2, 0.25) is 0 Å². The smallest absolute Gasteiger partial charge is 0.0781 e. The van der Waals surface area contributed by atoms with E-state index in [1.165, 1.54) is 0 Å².